The summed E-state index contributed by atoms with van der Waals surface area (Å²) in [5.74, 6) is 0.0564. The molecule has 2 aliphatic heterocycles. The summed E-state index contributed by atoms with van der Waals surface area (Å²) in [5, 5.41) is 9.53. The lowest BCUT2D eigenvalue weighted by atomic mass is 10.1. The van der Waals surface area contributed by atoms with Gasteiger partial charge in [-0.15, -0.1) is 0 Å². The number of nitrogens with one attached hydrogen (secondary N) is 3. The highest BCUT2D eigenvalue weighted by Gasteiger charge is 2.28. The fourth-order valence-corrected chi connectivity index (χ4v) is 2.29. The molecule has 0 spiro atoms. The SMILES string of the molecule is C[C@H]1OCCN[C@@H]1C(=O)NCC1CCCN1. The van der Waals surface area contributed by atoms with E-state index in [9.17, 15) is 4.79 Å². The van der Waals surface area contributed by atoms with E-state index in [-0.39, 0.29) is 18.1 Å². The highest BCUT2D eigenvalue weighted by Crippen LogP contribution is 2.06. The second-order valence-electron chi connectivity index (χ2n) is 4.55. The minimum atomic E-state index is -0.199. The van der Waals surface area contributed by atoms with Gasteiger partial charge in [0.1, 0.15) is 6.04 Å². The highest BCUT2D eigenvalue weighted by atomic mass is 16.5. The first-order valence-electron chi connectivity index (χ1n) is 6.13. The quantitative estimate of drug-likeness (QED) is 0.592. The molecular weight excluding hydrogens is 206 g/mol. The molecule has 0 bridgehead atoms. The van der Waals surface area contributed by atoms with Crippen LogP contribution >= 0.6 is 0 Å². The molecule has 2 aliphatic rings. The molecule has 3 atom stereocenters. The Balaban J connectivity index is 1.73. The van der Waals surface area contributed by atoms with Crippen molar-refractivity contribution in [3.8, 4) is 0 Å². The van der Waals surface area contributed by atoms with Gasteiger partial charge in [-0.05, 0) is 26.3 Å². The van der Waals surface area contributed by atoms with Gasteiger partial charge in [0.2, 0.25) is 5.91 Å². The van der Waals surface area contributed by atoms with Crippen LogP contribution in [0.25, 0.3) is 0 Å². The number of hydrogen-bond donors (Lipinski definition) is 3. The lowest BCUT2D eigenvalue weighted by Crippen LogP contribution is -2.56. The Morgan fingerprint density at radius 2 is 2.31 bits per heavy atom. The third-order valence-corrected chi connectivity index (χ3v) is 3.28. The lowest BCUT2D eigenvalue weighted by Gasteiger charge is -2.29. The van der Waals surface area contributed by atoms with E-state index in [2.05, 4.69) is 16.0 Å². The Bertz CT molecular complexity index is 241. The van der Waals surface area contributed by atoms with E-state index in [4.69, 9.17) is 4.74 Å². The predicted molar refractivity (Wildman–Crippen MR) is 61.2 cm³/mol. The van der Waals surface area contributed by atoms with Gasteiger partial charge in [0.15, 0.2) is 0 Å². The third-order valence-electron chi connectivity index (χ3n) is 3.28. The van der Waals surface area contributed by atoms with Gasteiger partial charge < -0.3 is 20.7 Å². The van der Waals surface area contributed by atoms with Crippen molar-refractivity contribution in [2.45, 2.75) is 38.0 Å². The Labute approximate surface area is 96.3 Å². The minimum absolute atomic E-state index is 0.0368. The van der Waals surface area contributed by atoms with Gasteiger partial charge in [0.05, 0.1) is 12.7 Å². The molecule has 3 N–H and O–H groups in total. The topological polar surface area (TPSA) is 62.4 Å². The molecular formula is C11H21N3O2. The normalized spacial score (nSPS) is 34.9. The zero-order valence-electron chi connectivity index (χ0n) is 9.79. The molecule has 92 valence electrons. The first-order valence-corrected chi connectivity index (χ1v) is 6.13. The molecule has 0 aromatic rings. The summed E-state index contributed by atoms with van der Waals surface area (Å²) in [4.78, 5) is 11.9. The summed E-state index contributed by atoms with van der Waals surface area (Å²) in [6, 6.07) is 0.249. The predicted octanol–water partition coefficient (Wildman–Crippen LogP) is -0.768. The van der Waals surface area contributed by atoms with Crippen molar-refractivity contribution in [2.24, 2.45) is 0 Å². The maximum atomic E-state index is 11.9. The van der Waals surface area contributed by atoms with E-state index in [1.807, 2.05) is 6.92 Å². The van der Waals surface area contributed by atoms with Crippen LogP contribution in [0.1, 0.15) is 19.8 Å². The fourth-order valence-electron chi connectivity index (χ4n) is 2.29. The molecule has 2 rings (SSSR count). The molecule has 2 heterocycles. The summed E-state index contributed by atoms with van der Waals surface area (Å²) in [7, 11) is 0. The Morgan fingerprint density at radius 1 is 1.44 bits per heavy atom. The van der Waals surface area contributed by atoms with Crippen LogP contribution in [0.3, 0.4) is 0 Å². The van der Waals surface area contributed by atoms with E-state index in [0.29, 0.717) is 12.6 Å². The third kappa shape index (κ3) is 2.93. The van der Waals surface area contributed by atoms with Crippen LogP contribution in [0.2, 0.25) is 0 Å². The van der Waals surface area contributed by atoms with Gasteiger partial charge in [0.25, 0.3) is 0 Å². The van der Waals surface area contributed by atoms with Crippen LogP contribution in [0.5, 0.6) is 0 Å². The number of morpholine rings is 1. The largest absolute Gasteiger partial charge is 0.375 e. The summed E-state index contributed by atoms with van der Waals surface area (Å²) in [6.07, 6.45) is 2.33. The van der Waals surface area contributed by atoms with Crippen LogP contribution in [0.15, 0.2) is 0 Å². The monoisotopic (exact) mass is 227 g/mol. The van der Waals surface area contributed by atoms with Crippen molar-refractivity contribution in [3.05, 3.63) is 0 Å². The minimum Gasteiger partial charge on any atom is -0.375 e. The number of rotatable bonds is 3. The van der Waals surface area contributed by atoms with Crippen LogP contribution in [-0.4, -0.2) is 50.3 Å². The molecule has 0 radical (unpaired) electrons. The van der Waals surface area contributed by atoms with Gasteiger partial charge in [-0.25, -0.2) is 0 Å². The van der Waals surface area contributed by atoms with Crippen LogP contribution in [-0.2, 0) is 9.53 Å². The summed E-state index contributed by atoms with van der Waals surface area (Å²) in [5.41, 5.74) is 0. The molecule has 2 saturated heterocycles. The number of hydrogen-bond acceptors (Lipinski definition) is 4. The first-order chi connectivity index (χ1) is 7.77. The molecule has 16 heavy (non-hydrogen) atoms. The summed E-state index contributed by atoms with van der Waals surface area (Å²) >= 11 is 0. The van der Waals surface area contributed by atoms with Gasteiger partial charge >= 0.3 is 0 Å². The van der Waals surface area contributed by atoms with Crippen molar-refractivity contribution in [2.75, 3.05) is 26.2 Å². The van der Waals surface area contributed by atoms with Gasteiger partial charge in [-0.3, -0.25) is 4.79 Å². The molecule has 2 fully saturated rings. The standard InChI is InChI=1S/C11H21N3O2/c1-8-10(13-5-6-16-8)11(15)14-7-9-3-2-4-12-9/h8-10,12-13H,2-7H2,1H3,(H,14,15)/t8-,9?,10+/m1/s1. The maximum Gasteiger partial charge on any atom is 0.239 e. The first kappa shape index (κ1) is 11.8. The Morgan fingerprint density at radius 3 is 3.00 bits per heavy atom. The van der Waals surface area contributed by atoms with Crippen molar-refractivity contribution in [1.82, 2.24) is 16.0 Å². The lowest BCUT2D eigenvalue weighted by molar-refractivity contribution is -0.129. The van der Waals surface area contributed by atoms with E-state index in [1.54, 1.807) is 0 Å². The number of carbonyl (C=O) groups is 1. The van der Waals surface area contributed by atoms with Crippen molar-refractivity contribution < 1.29 is 9.53 Å². The van der Waals surface area contributed by atoms with Crippen LogP contribution in [0.4, 0.5) is 0 Å². The maximum absolute atomic E-state index is 11.9. The van der Waals surface area contributed by atoms with E-state index in [1.165, 1.54) is 6.42 Å². The van der Waals surface area contributed by atoms with Gasteiger partial charge in [0, 0.05) is 19.1 Å². The average Bonchev–Trinajstić information content (AvgIpc) is 2.79. The smallest absolute Gasteiger partial charge is 0.239 e. The Kier molecular flexibility index (Phi) is 4.15. The molecule has 1 unspecified atom stereocenters. The molecule has 5 nitrogen and oxygen atoms in total. The van der Waals surface area contributed by atoms with E-state index in [0.717, 1.165) is 26.1 Å². The number of ether oxygens (including phenoxy) is 1. The average molecular weight is 227 g/mol. The molecule has 0 saturated carbocycles. The zero-order valence-corrected chi connectivity index (χ0v) is 9.79. The van der Waals surface area contributed by atoms with E-state index < -0.39 is 0 Å². The second kappa shape index (κ2) is 5.61. The number of carbonyl (C=O) groups excluding carboxylic acids is 1. The van der Waals surface area contributed by atoms with Crippen molar-refractivity contribution in [1.29, 1.82) is 0 Å². The summed E-state index contributed by atoms with van der Waals surface area (Å²) < 4.78 is 5.44. The molecule has 0 aliphatic carbocycles. The molecule has 1 amide bonds. The van der Waals surface area contributed by atoms with Gasteiger partial charge in [-0.1, -0.05) is 0 Å². The molecule has 0 aromatic carbocycles. The summed E-state index contributed by atoms with van der Waals surface area (Å²) in [6.45, 7) is 5.18. The van der Waals surface area contributed by atoms with Gasteiger partial charge in [-0.2, -0.15) is 0 Å². The number of amides is 1. The van der Waals surface area contributed by atoms with Crippen molar-refractivity contribution >= 4 is 5.91 Å². The van der Waals surface area contributed by atoms with Crippen molar-refractivity contribution in [3.63, 3.8) is 0 Å². The van der Waals surface area contributed by atoms with Crippen LogP contribution in [0, 0.1) is 0 Å². The molecule has 0 aromatic heterocycles. The fraction of sp³-hybridized carbons (Fsp3) is 0.909. The highest BCUT2D eigenvalue weighted by molar-refractivity contribution is 5.82. The second-order valence-corrected chi connectivity index (χ2v) is 4.55. The van der Waals surface area contributed by atoms with Crippen LogP contribution < -0.4 is 16.0 Å². The molecule has 5 heteroatoms. The van der Waals surface area contributed by atoms with E-state index >= 15 is 0 Å². The Hall–Kier alpha value is -0.650. The zero-order chi connectivity index (χ0) is 11.4.